The van der Waals surface area contributed by atoms with Crippen LogP contribution in [0.15, 0.2) is 53.0 Å². The molecule has 0 aliphatic heterocycles. The molecule has 0 aromatic heterocycles. The molecule has 0 aliphatic rings. The number of aliphatic carboxylic acids is 1. The molecule has 4 nitrogen and oxygen atoms in total. The van der Waals surface area contributed by atoms with Crippen LogP contribution in [0.2, 0.25) is 0 Å². The third-order valence-corrected chi connectivity index (χ3v) is 3.68. The van der Waals surface area contributed by atoms with Gasteiger partial charge in [-0.25, -0.2) is 0 Å². The molecule has 0 atom stereocenters. The van der Waals surface area contributed by atoms with Gasteiger partial charge in [-0.15, -0.1) is 0 Å². The molecular weight excluding hydrogens is 360 g/mol. The minimum absolute atomic E-state index is 0.195. The molecule has 2 rings (SSSR count). The number of ether oxygens (including phenoxy) is 1. The largest absolute Gasteiger partial charge is 0.496 e. The van der Waals surface area contributed by atoms with Crippen LogP contribution >= 0.6 is 15.9 Å². The van der Waals surface area contributed by atoms with Crippen molar-refractivity contribution in [2.24, 2.45) is 0 Å². The average Bonchev–Trinajstić information content (AvgIpc) is 2.52. The first-order valence-corrected chi connectivity index (χ1v) is 7.65. The van der Waals surface area contributed by atoms with Gasteiger partial charge in [-0.1, -0.05) is 34.1 Å². The molecule has 0 saturated carbocycles. The van der Waals surface area contributed by atoms with E-state index in [1.54, 1.807) is 24.3 Å². The van der Waals surface area contributed by atoms with E-state index in [-0.39, 0.29) is 12.2 Å². The van der Waals surface area contributed by atoms with E-state index in [1.165, 1.54) is 13.2 Å². The molecular formula is C18H15BrO4. The summed E-state index contributed by atoms with van der Waals surface area (Å²) in [6.07, 6.45) is 2.99. The zero-order valence-electron chi connectivity index (χ0n) is 12.5. The highest BCUT2D eigenvalue weighted by Gasteiger charge is 2.11. The number of carbonyl (C=O) groups excluding carboxylic acids is 1. The van der Waals surface area contributed by atoms with Crippen LogP contribution in [0.1, 0.15) is 21.5 Å². The van der Waals surface area contributed by atoms with E-state index in [0.717, 1.165) is 10.0 Å². The first-order chi connectivity index (χ1) is 11.0. The molecule has 5 heteroatoms. The molecule has 1 N–H and O–H groups in total. The predicted octanol–water partition coefficient (Wildman–Crippen LogP) is 3.98. The lowest BCUT2D eigenvalue weighted by Gasteiger charge is -2.08. The van der Waals surface area contributed by atoms with E-state index in [4.69, 9.17) is 9.84 Å². The summed E-state index contributed by atoms with van der Waals surface area (Å²) in [7, 11) is 1.47. The van der Waals surface area contributed by atoms with Crippen molar-refractivity contribution in [3.8, 4) is 5.75 Å². The van der Waals surface area contributed by atoms with Crippen molar-refractivity contribution in [2.75, 3.05) is 7.11 Å². The molecule has 0 spiro atoms. The van der Waals surface area contributed by atoms with Crippen LogP contribution in [0.4, 0.5) is 0 Å². The maximum atomic E-state index is 12.3. The number of hydrogen-bond donors (Lipinski definition) is 1. The minimum Gasteiger partial charge on any atom is -0.496 e. The molecule has 0 fully saturated rings. The normalized spacial score (nSPS) is 10.7. The fraction of sp³-hybridized carbons (Fsp3) is 0.111. The minimum atomic E-state index is -0.974. The number of halogens is 1. The topological polar surface area (TPSA) is 63.6 Å². The maximum Gasteiger partial charge on any atom is 0.307 e. The second-order valence-corrected chi connectivity index (χ2v) is 5.77. The lowest BCUT2D eigenvalue weighted by Crippen LogP contribution is -2.04. The Hall–Kier alpha value is -2.40. The quantitative estimate of drug-likeness (QED) is 0.613. The van der Waals surface area contributed by atoms with Crippen LogP contribution in [0, 0.1) is 0 Å². The van der Waals surface area contributed by atoms with Crippen LogP contribution in [0.5, 0.6) is 5.75 Å². The number of benzene rings is 2. The number of allylic oxidation sites excluding steroid dienone is 1. The summed E-state index contributed by atoms with van der Waals surface area (Å²) in [5, 5.41) is 8.94. The highest BCUT2D eigenvalue weighted by atomic mass is 79.9. The number of hydrogen-bond acceptors (Lipinski definition) is 3. The van der Waals surface area contributed by atoms with Gasteiger partial charge in [-0.3, -0.25) is 9.59 Å². The van der Waals surface area contributed by atoms with E-state index in [1.807, 2.05) is 24.3 Å². The Bertz CT molecular complexity index is 765. The second-order valence-electron chi connectivity index (χ2n) is 4.85. The first-order valence-electron chi connectivity index (χ1n) is 6.86. The molecule has 0 radical (unpaired) electrons. The van der Waals surface area contributed by atoms with E-state index < -0.39 is 5.97 Å². The smallest absolute Gasteiger partial charge is 0.307 e. The molecule has 2 aromatic carbocycles. The summed E-state index contributed by atoms with van der Waals surface area (Å²) in [6, 6.07) is 12.4. The lowest BCUT2D eigenvalue weighted by molar-refractivity contribution is -0.136. The molecule has 0 amide bonds. The van der Waals surface area contributed by atoms with Gasteiger partial charge in [0.1, 0.15) is 5.75 Å². The Kier molecular flexibility index (Phi) is 5.71. The molecule has 118 valence electrons. The van der Waals surface area contributed by atoms with Crippen molar-refractivity contribution in [1.82, 2.24) is 0 Å². The van der Waals surface area contributed by atoms with Crippen molar-refractivity contribution >= 4 is 33.8 Å². The summed E-state index contributed by atoms with van der Waals surface area (Å²) in [5.41, 5.74) is 1.79. The number of carboxylic acid groups (broad SMARTS) is 1. The van der Waals surface area contributed by atoms with Crippen LogP contribution in [-0.4, -0.2) is 24.0 Å². The lowest BCUT2D eigenvalue weighted by atomic mass is 10.0. The third-order valence-electron chi connectivity index (χ3n) is 3.18. The predicted molar refractivity (Wildman–Crippen MR) is 91.8 cm³/mol. The van der Waals surface area contributed by atoms with Crippen molar-refractivity contribution in [1.29, 1.82) is 0 Å². The van der Waals surface area contributed by atoms with Gasteiger partial charge in [-0.2, -0.15) is 0 Å². The van der Waals surface area contributed by atoms with Crippen molar-refractivity contribution in [3.05, 3.63) is 69.7 Å². The Morgan fingerprint density at radius 1 is 1.22 bits per heavy atom. The molecule has 2 aromatic rings. The van der Waals surface area contributed by atoms with Crippen LogP contribution in [0.25, 0.3) is 6.08 Å². The number of ketones is 1. The van der Waals surface area contributed by atoms with Crippen LogP contribution < -0.4 is 4.74 Å². The van der Waals surface area contributed by atoms with Gasteiger partial charge in [0.05, 0.1) is 13.5 Å². The Balaban J connectivity index is 2.23. The highest BCUT2D eigenvalue weighted by molar-refractivity contribution is 9.10. The fourth-order valence-corrected chi connectivity index (χ4v) is 2.53. The number of rotatable bonds is 6. The van der Waals surface area contributed by atoms with Gasteiger partial charge < -0.3 is 9.84 Å². The third kappa shape index (κ3) is 4.79. The molecule has 0 heterocycles. The molecule has 0 saturated heterocycles. The summed E-state index contributed by atoms with van der Waals surface area (Å²) in [5.74, 6) is -0.711. The SMILES string of the molecule is COc1ccc(C(=O)/C=C/c2cccc(Br)c2)cc1CC(=O)O. The summed E-state index contributed by atoms with van der Waals surface area (Å²) in [6.45, 7) is 0. The van der Waals surface area contributed by atoms with Crippen LogP contribution in [0.3, 0.4) is 0 Å². The molecule has 0 aliphatic carbocycles. The van der Waals surface area contributed by atoms with Crippen LogP contribution in [-0.2, 0) is 11.2 Å². The Labute approximate surface area is 142 Å². The number of methoxy groups -OCH3 is 1. The molecule has 0 unspecified atom stereocenters. The van der Waals surface area contributed by atoms with E-state index in [9.17, 15) is 9.59 Å². The first kappa shape index (κ1) is 17.0. The second kappa shape index (κ2) is 7.74. The number of carbonyl (C=O) groups is 2. The van der Waals surface area contributed by atoms with Crippen molar-refractivity contribution in [2.45, 2.75) is 6.42 Å². The molecule has 0 bridgehead atoms. The van der Waals surface area contributed by atoms with Gasteiger partial charge in [0.15, 0.2) is 5.78 Å². The summed E-state index contributed by atoms with van der Waals surface area (Å²) >= 11 is 3.37. The van der Waals surface area contributed by atoms with Gasteiger partial charge in [-0.05, 0) is 42.0 Å². The maximum absolute atomic E-state index is 12.3. The zero-order valence-corrected chi connectivity index (χ0v) is 14.0. The van der Waals surface area contributed by atoms with Crippen molar-refractivity contribution in [3.63, 3.8) is 0 Å². The highest BCUT2D eigenvalue weighted by Crippen LogP contribution is 2.21. The average molecular weight is 375 g/mol. The monoisotopic (exact) mass is 374 g/mol. The van der Waals surface area contributed by atoms with Gasteiger partial charge in [0.25, 0.3) is 0 Å². The fourth-order valence-electron chi connectivity index (χ4n) is 2.11. The Morgan fingerprint density at radius 3 is 2.65 bits per heavy atom. The van der Waals surface area contributed by atoms with Gasteiger partial charge in [0.2, 0.25) is 0 Å². The summed E-state index contributed by atoms with van der Waals surface area (Å²) in [4.78, 5) is 23.2. The van der Waals surface area contributed by atoms with E-state index >= 15 is 0 Å². The van der Waals surface area contributed by atoms with Gasteiger partial charge in [0, 0.05) is 15.6 Å². The summed E-state index contributed by atoms with van der Waals surface area (Å²) < 4.78 is 6.06. The van der Waals surface area contributed by atoms with Gasteiger partial charge >= 0.3 is 5.97 Å². The number of carboxylic acids is 1. The standard InChI is InChI=1S/C18H15BrO4/c1-23-17-8-6-13(10-14(17)11-18(21)22)16(20)7-5-12-3-2-4-15(19)9-12/h2-10H,11H2,1H3,(H,21,22)/b7-5+. The zero-order chi connectivity index (χ0) is 16.8. The Morgan fingerprint density at radius 2 is 2.00 bits per heavy atom. The molecule has 23 heavy (non-hydrogen) atoms. The van der Waals surface area contributed by atoms with E-state index in [0.29, 0.717) is 16.9 Å². The van der Waals surface area contributed by atoms with E-state index in [2.05, 4.69) is 15.9 Å². The van der Waals surface area contributed by atoms with Crippen molar-refractivity contribution < 1.29 is 19.4 Å².